The summed E-state index contributed by atoms with van der Waals surface area (Å²) in [5.74, 6) is -0.169. The molecule has 5 nitrogen and oxygen atoms in total. The second kappa shape index (κ2) is 10.9. The van der Waals surface area contributed by atoms with Crippen LogP contribution in [0, 0.1) is 5.92 Å². The first-order chi connectivity index (χ1) is 12.6. The molecule has 150 valence electrons. The van der Waals surface area contributed by atoms with Gasteiger partial charge in [0.1, 0.15) is 11.6 Å². The summed E-state index contributed by atoms with van der Waals surface area (Å²) in [6, 6.07) is 7.64. The van der Waals surface area contributed by atoms with E-state index in [0.717, 1.165) is 24.0 Å². The van der Waals surface area contributed by atoms with E-state index in [9.17, 15) is 9.59 Å². The molecule has 0 aromatic heterocycles. The number of carbonyl (C=O) groups excluding carboxylic acids is 2. The van der Waals surface area contributed by atoms with Crippen molar-refractivity contribution < 1.29 is 19.1 Å². The zero-order chi connectivity index (χ0) is 20.4. The van der Waals surface area contributed by atoms with E-state index in [4.69, 9.17) is 4.74 Å². The first-order valence-corrected chi connectivity index (χ1v) is 9.42. The van der Waals surface area contributed by atoms with Crippen LogP contribution in [-0.4, -0.2) is 37.2 Å². The highest BCUT2D eigenvalue weighted by Crippen LogP contribution is 2.13. The summed E-state index contributed by atoms with van der Waals surface area (Å²) in [6.45, 7) is 10.5. The van der Waals surface area contributed by atoms with Gasteiger partial charge in [-0.05, 0) is 63.3 Å². The van der Waals surface area contributed by atoms with E-state index in [1.54, 1.807) is 6.08 Å². The summed E-state index contributed by atoms with van der Waals surface area (Å²) in [5, 5.41) is 3.33. The van der Waals surface area contributed by atoms with Gasteiger partial charge < -0.3 is 14.8 Å². The molecule has 0 bridgehead atoms. The third kappa shape index (κ3) is 9.94. The second-order valence-corrected chi connectivity index (χ2v) is 8.02. The Morgan fingerprint density at radius 3 is 2.30 bits per heavy atom. The smallest absolute Gasteiger partial charge is 0.330 e. The lowest BCUT2D eigenvalue weighted by Crippen LogP contribution is -2.42. The number of nitrogens with one attached hydrogen (secondary N) is 1. The molecule has 1 atom stereocenters. The number of methoxy groups -OCH3 is 1. The van der Waals surface area contributed by atoms with E-state index < -0.39 is 5.60 Å². The Balaban J connectivity index is 2.58. The van der Waals surface area contributed by atoms with Crippen molar-refractivity contribution in [2.75, 3.05) is 13.7 Å². The van der Waals surface area contributed by atoms with Crippen molar-refractivity contribution in [1.29, 1.82) is 0 Å². The van der Waals surface area contributed by atoms with Crippen LogP contribution >= 0.6 is 0 Å². The highest BCUT2D eigenvalue weighted by atomic mass is 16.6. The van der Waals surface area contributed by atoms with Crippen LogP contribution in [0.1, 0.15) is 52.2 Å². The van der Waals surface area contributed by atoms with E-state index in [-0.39, 0.29) is 18.0 Å². The van der Waals surface area contributed by atoms with Crippen molar-refractivity contribution in [2.24, 2.45) is 5.92 Å². The number of hydrogen-bond donors (Lipinski definition) is 1. The first kappa shape index (κ1) is 22.9. The van der Waals surface area contributed by atoms with Gasteiger partial charge >= 0.3 is 11.9 Å². The van der Waals surface area contributed by atoms with Crippen LogP contribution < -0.4 is 5.32 Å². The van der Waals surface area contributed by atoms with Gasteiger partial charge in [0.25, 0.3) is 0 Å². The third-order valence-corrected chi connectivity index (χ3v) is 3.80. The second-order valence-electron chi connectivity index (χ2n) is 8.02. The third-order valence-electron chi connectivity index (χ3n) is 3.80. The quantitative estimate of drug-likeness (QED) is 0.526. The van der Waals surface area contributed by atoms with Crippen LogP contribution in [0.5, 0.6) is 0 Å². The lowest BCUT2D eigenvalue weighted by molar-refractivity contribution is -0.158. The number of benzene rings is 1. The highest BCUT2D eigenvalue weighted by Gasteiger charge is 2.25. The fourth-order valence-electron chi connectivity index (χ4n) is 2.53. The van der Waals surface area contributed by atoms with Gasteiger partial charge in [-0.25, -0.2) is 4.79 Å². The average molecular weight is 376 g/mol. The molecule has 0 unspecified atom stereocenters. The molecule has 0 saturated heterocycles. The molecule has 1 N–H and O–H groups in total. The number of esters is 2. The molecule has 0 radical (unpaired) electrons. The van der Waals surface area contributed by atoms with Gasteiger partial charge in [-0.3, -0.25) is 4.79 Å². The molecule has 0 spiro atoms. The Bertz CT molecular complexity index is 627. The van der Waals surface area contributed by atoms with Crippen LogP contribution in [-0.2, 0) is 25.5 Å². The monoisotopic (exact) mass is 375 g/mol. The number of hydrogen-bond acceptors (Lipinski definition) is 5. The Morgan fingerprint density at radius 1 is 1.15 bits per heavy atom. The predicted molar refractivity (Wildman–Crippen MR) is 108 cm³/mol. The molecule has 0 fully saturated rings. The molecular weight excluding hydrogens is 342 g/mol. The molecule has 0 amide bonds. The molecule has 1 aromatic rings. The fourth-order valence-corrected chi connectivity index (χ4v) is 2.53. The van der Waals surface area contributed by atoms with Gasteiger partial charge in [-0.15, -0.1) is 0 Å². The molecule has 0 heterocycles. The van der Waals surface area contributed by atoms with E-state index in [1.807, 2.05) is 45.0 Å². The standard InChI is InChI=1S/C22H33NO4/c1-16(2)15-19(21(25)27-22(3,4)5)23-14-13-18-9-7-17(8-10-18)11-12-20(24)26-6/h7-12,16,19,23H,13-15H2,1-6H3/b12-11+/t19-/m0/s1. The molecule has 1 aromatic carbocycles. The summed E-state index contributed by atoms with van der Waals surface area (Å²) in [5.41, 5.74) is 1.61. The summed E-state index contributed by atoms with van der Waals surface area (Å²) in [4.78, 5) is 23.5. The van der Waals surface area contributed by atoms with Crippen molar-refractivity contribution >= 4 is 18.0 Å². The summed E-state index contributed by atoms with van der Waals surface area (Å²) < 4.78 is 10.1. The Labute approximate surface area is 163 Å². The average Bonchev–Trinajstić information content (AvgIpc) is 2.58. The van der Waals surface area contributed by atoms with E-state index >= 15 is 0 Å². The van der Waals surface area contributed by atoms with E-state index in [1.165, 1.54) is 13.2 Å². The van der Waals surface area contributed by atoms with Gasteiger partial charge in [0.15, 0.2) is 0 Å². The van der Waals surface area contributed by atoms with Gasteiger partial charge in [0.05, 0.1) is 7.11 Å². The van der Waals surface area contributed by atoms with Crippen molar-refractivity contribution in [3.8, 4) is 0 Å². The van der Waals surface area contributed by atoms with Gasteiger partial charge in [-0.2, -0.15) is 0 Å². The van der Waals surface area contributed by atoms with Crippen LogP contribution in [0.4, 0.5) is 0 Å². The predicted octanol–water partition coefficient (Wildman–Crippen LogP) is 3.76. The maximum absolute atomic E-state index is 12.4. The first-order valence-electron chi connectivity index (χ1n) is 9.42. The molecule has 0 aliphatic heterocycles. The van der Waals surface area contributed by atoms with Gasteiger partial charge in [0, 0.05) is 6.08 Å². The number of ether oxygens (including phenoxy) is 2. The largest absolute Gasteiger partial charge is 0.466 e. The molecule has 0 aliphatic rings. The van der Waals surface area contributed by atoms with Crippen molar-refractivity contribution in [2.45, 2.75) is 59.1 Å². The topological polar surface area (TPSA) is 64.6 Å². The van der Waals surface area contributed by atoms with Crippen LogP contribution in [0.25, 0.3) is 6.08 Å². The number of rotatable bonds is 9. The zero-order valence-electron chi connectivity index (χ0n) is 17.4. The molecule has 0 aliphatic carbocycles. The molecule has 1 rings (SSSR count). The van der Waals surface area contributed by atoms with Crippen LogP contribution in [0.15, 0.2) is 30.3 Å². The van der Waals surface area contributed by atoms with Gasteiger partial charge in [0.2, 0.25) is 0 Å². The summed E-state index contributed by atoms with van der Waals surface area (Å²) >= 11 is 0. The zero-order valence-corrected chi connectivity index (χ0v) is 17.4. The Morgan fingerprint density at radius 2 is 1.78 bits per heavy atom. The maximum atomic E-state index is 12.4. The van der Waals surface area contributed by atoms with Crippen LogP contribution in [0.2, 0.25) is 0 Å². The highest BCUT2D eigenvalue weighted by molar-refractivity contribution is 5.86. The van der Waals surface area contributed by atoms with E-state index in [0.29, 0.717) is 12.5 Å². The number of carbonyl (C=O) groups is 2. The minimum atomic E-state index is -0.485. The van der Waals surface area contributed by atoms with Gasteiger partial charge in [-0.1, -0.05) is 38.1 Å². The summed E-state index contributed by atoms with van der Waals surface area (Å²) in [6.07, 6.45) is 4.66. The minimum Gasteiger partial charge on any atom is -0.466 e. The Kier molecular flexibility index (Phi) is 9.22. The van der Waals surface area contributed by atoms with Crippen LogP contribution in [0.3, 0.4) is 0 Å². The SMILES string of the molecule is COC(=O)/C=C/c1ccc(CCN[C@@H](CC(C)C)C(=O)OC(C)(C)C)cc1. The summed E-state index contributed by atoms with van der Waals surface area (Å²) in [7, 11) is 1.35. The van der Waals surface area contributed by atoms with E-state index in [2.05, 4.69) is 23.9 Å². The fraction of sp³-hybridized carbons (Fsp3) is 0.545. The molecule has 0 saturated carbocycles. The minimum absolute atomic E-state index is 0.195. The Hall–Kier alpha value is -2.14. The molecule has 27 heavy (non-hydrogen) atoms. The lowest BCUT2D eigenvalue weighted by atomic mass is 10.0. The maximum Gasteiger partial charge on any atom is 0.330 e. The molecular formula is C22H33NO4. The van der Waals surface area contributed by atoms with Crippen molar-refractivity contribution in [3.63, 3.8) is 0 Å². The lowest BCUT2D eigenvalue weighted by Gasteiger charge is -2.25. The molecule has 5 heteroatoms. The van der Waals surface area contributed by atoms with Crippen molar-refractivity contribution in [1.82, 2.24) is 5.32 Å². The van der Waals surface area contributed by atoms with Crippen molar-refractivity contribution in [3.05, 3.63) is 41.5 Å². The normalized spacial score (nSPS) is 13.0.